The first-order valence-corrected chi connectivity index (χ1v) is 6.65. The van der Waals surface area contributed by atoms with Gasteiger partial charge in [0.1, 0.15) is 5.82 Å². The second kappa shape index (κ2) is 6.66. The molecular formula is C13H21N3O2. The van der Waals surface area contributed by atoms with E-state index in [0.717, 1.165) is 50.5 Å². The quantitative estimate of drug-likeness (QED) is 0.736. The van der Waals surface area contributed by atoms with Gasteiger partial charge in [0.25, 0.3) is 5.56 Å². The highest BCUT2D eigenvalue weighted by Crippen LogP contribution is 2.15. The zero-order chi connectivity index (χ0) is 12.8. The Hall–Kier alpha value is -1.20. The topological polar surface area (TPSA) is 67.0 Å². The predicted molar refractivity (Wildman–Crippen MR) is 69.5 cm³/mol. The molecule has 0 aromatic carbocycles. The van der Waals surface area contributed by atoms with Gasteiger partial charge in [-0.1, -0.05) is 6.92 Å². The molecule has 0 bridgehead atoms. The fraction of sp³-hybridized carbons (Fsp3) is 0.692. The third-order valence-electron chi connectivity index (χ3n) is 3.08. The van der Waals surface area contributed by atoms with E-state index in [-0.39, 0.29) is 5.56 Å². The number of aromatic amines is 1. The van der Waals surface area contributed by atoms with Gasteiger partial charge in [-0.3, -0.25) is 4.79 Å². The van der Waals surface area contributed by atoms with Gasteiger partial charge in [-0.05, 0) is 25.3 Å². The minimum Gasteiger partial charge on any atom is -0.381 e. The second-order valence-electron chi connectivity index (χ2n) is 4.79. The molecule has 1 aromatic heterocycles. The summed E-state index contributed by atoms with van der Waals surface area (Å²) in [5, 5.41) is 3.26. The molecule has 0 radical (unpaired) electrons. The monoisotopic (exact) mass is 251 g/mol. The Morgan fingerprint density at radius 1 is 1.61 bits per heavy atom. The third kappa shape index (κ3) is 3.92. The summed E-state index contributed by atoms with van der Waals surface area (Å²) in [6, 6.07) is 1.57. The molecule has 1 aliphatic rings. The first kappa shape index (κ1) is 13.2. The summed E-state index contributed by atoms with van der Waals surface area (Å²) in [6.07, 6.45) is 2.94. The van der Waals surface area contributed by atoms with Crippen LogP contribution >= 0.6 is 0 Å². The number of ether oxygens (including phenoxy) is 1. The van der Waals surface area contributed by atoms with E-state index >= 15 is 0 Å². The van der Waals surface area contributed by atoms with E-state index in [0.29, 0.717) is 12.5 Å². The number of nitrogens with zero attached hydrogens (tertiary/aromatic N) is 1. The molecule has 0 saturated carbocycles. The van der Waals surface area contributed by atoms with Crippen molar-refractivity contribution < 1.29 is 4.74 Å². The summed E-state index contributed by atoms with van der Waals surface area (Å²) in [6.45, 7) is 5.32. The number of aromatic nitrogens is 2. The van der Waals surface area contributed by atoms with E-state index in [1.165, 1.54) is 0 Å². The molecule has 2 heterocycles. The van der Waals surface area contributed by atoms with Crippen molar-refractivity contribution in [3.8, 4) is 0 Å². The van der Waals surface area contributed by atoms with E-state index in [1.54, 1.807) is 6.07 Å². The second-order valence-corrected chi connectivity index (χ2v) is 4.79. The molecule has 5 heteroatoms. The average molecular weight is 251 g/mol. The summed E-state index contributed by atoms with van der Waals surface area (Å²) in [4.78, 5) is 18.9. The van der Waals surface area contributed by atoms with Gasteiger partial charge < -0.3 is 15.0 Å². The zero-order valence-electron chi connectivity index (χ0n) is 10.9. The van der Waals surface area contributed by atoms with Crippen molar-refractivity contribution in [2.75, 3.05) is 19.8 Å². The van der Waals surface area contributed by atoms with E-state index in [1.807, 2.05) is 0 Å². The van der Waals surface area contributed by atoms with E-state index < -0.39 is 0 Å². The SMILES string of the molecule is CCCNCc1cc(=O)[nH]c(CC2CCOC2)n1. The summed E-state index contributed by atoms with van der Waals surface area (Å²) in [7, 11) is 0. The number of hydrogen-bond acceptors (Lipinski definition) is 4. The first-order valence-electron chi connectivity index (χ1n) is 6.65. The molecule has 100 valence electrons. The molecule has 1 aromatic rings. The zero-order valence-corrected chi connectivity index (χ0v) is 10.9. The van der Waals surface area contributed by atoms with Crippen molar-refractivity contribution >= 4 is 0 Å². The maximum atomic E-state index is 11.6. The Morgan fingerprint density at radius 3 is 3.22 bits per heavy atom. The van der Waals surface area contributed by atoms with Crippen molar-refractivity contribution in [2.24, 2.45) is 5.92 Å². The Bertz CT molecular complexity index is 424. The van der Waals surface area contributed by atoms with Gasteiger partial charge in [-0.25, -0.2) is 4.98 Å². The van der Waals surface area contributed by atoms with Crippen LogP contribution in [0.15, 0.2) is 10.9 Å². The van der Waals surface area contributed by atoms with Gasteiger partial charge in [0.15, 0.2) is 0 Å². The molecule has 0 aliphatic carbocycles. The summed E-state index contributed by atoms with van der Waals surface area (Å²) >= 11 is 0. The van der Waals surface area contributed by atoms with Crippen LogP contribution in [0.2, 0.25) is 0 Å². The van der Waals surface area contributed by atoms with Crippen molar-refractivity contribution in [1.29, 1.82) is 0 Å². The molecule has 0 spiro atoms. The number of rotatable bonds is 6. The van der Waals surface area contributed by atoms with Crippen LogP contribution in [-0.4, -0.2) is 29.7 Å². The van der Waals surface area contributed by atoms with Gasteiger partial charge in [0.05, 0.1) is 5.69 Å². The molecular weight excluding hydrogens is 230 g/mol. The molecule has 18 heavy (non-hydrogen) atoms. The van der Waals surface area contributed by atoms with Gasteiger partial charge >= 0.3 is 0 Å². The maximum absolute atomic E-state index is 11.6. The summed E-state index contributed by atoms with van der Waals surface area (Å²) in [5.41, 5.74) is 0.758. The molecule has 1 atom stereocenters. The van der Waals surface area contributed by atoms with Gasteiger partial charge in [0.2, 0.25) is 0 Å². The van der Waals surface area contributed by atoms with Gasteiger partial charge in [-0.15, -0.1) is 0 Å². The van der Waals surface area contributed by atoms with Gasteiger partial charge in [-0.2, -0.15) is 0 Å². The van der Waals surface area contributed by atoms with Crippen molar-refractivity contribution in [3.05, 3.63) is 27.9 Å². The minimum absolute atomic E-state index is 0.0628. The summed E-state index contributed by atoms with van der Waals surface area (Å²) in [5.74, 6) is 1.28. The largest absolute Gasteiger partial charge is 0.381 e. The number of H-pyrrole nitrogens is 1. The van der Waals surface area contributed by atoms with E-state index in [4.69, 9.17) is 4.74 Å². The third-order valence-corrected chi connectivity index (χ3v) is 3.08. The molecule has 1 unspecified atom stereocenters. The Kier molecular flexibility index (Phi) is 4.90. The normalized spacial score (nSPS) is 19.3. The van der Waals surface area contributed by atoms with Crippen molar-refractivity contribution in [2.45, 2.75) is 32.7 Å². The van der Waals surface area contributed by atoms with Crippen LogP contribution in [-0.2, 0) is 17.7 Å². The van der Waals surface area contributed by atoms with Crippen LogP contribution in [0.5, 0.6) is 0 Å². The predicted octanol–water partition coefficient (Wildman–Crippen LogP) is 0.848. The standard InChI is InChI=1S/C13H21N3O2/c1-2-4-14-8-11-7-13(17)16-12(15-11)6-10-3-5-18-9-10/h7,10,14H,2-6,8-9H2,1H3,(H,15,16,17). The Morgan fingerprint density at radius 2 is 2.50 bits per heavy atom. The number of hydrogen-bond donors (Lipinski definition) is 2. The molecule has 2 rings (SSSR count). The highest BCUT2D eigenvalue weighted by molar-refractivity contribution is 5.03. The fourth-order valence-electron chi connectivity index (χ4n) is 2.16. The Balaban J connectivity index is 1.98. The van der Waals surface area contributed by atoms with Crippen LogP contribution in [0.1, 0.15) is 31.3 Å². The average Bonchev–Trinajstić information content (AvgIpc) is 2.81. The van der Waals surface area contributed by atoms with Crippen LogP contribution in [0.3, 0.4) is 0 Å². The Labute approximate surface area is 107 Å². The van der Waals surface area contributed by atoms with Crippen LogP contribution in [0, 0.1) is 5.92 Å². The highest BCUT2D eigenvalue weighted by Gasteiger charge is 2.17. The van der Waals surface area contributed by atoms with E-state index in [9.17, 15) is 4.79 Å². The number of nitrogens with one attached hydrogen (secondary N) is 2. The summed E-state index contributed by atoms with van der Waals surface area (Å²) < 4.78 is 5.34. The molecule has 1 fully saturated rings. The molecule has 5 nitrogen and oxygen atoms in total. The van der Waals surface area contributed by atoms with E-state index in [2.05, 4.69) is 22.2 Å². The molecule has 2 N–H and O–H groups in total. The minimum atomic E-state index is -0.0628. The maximum Gasteiger partial charge on any atom is 0.251 e. The lowest BCUT2D eigenvalue weighted by molar-refractivity contribution is 0.185. The smallest absolute Gasteiger partial charge is 0.251 e. The molecule has 0 amide bonds. The van der Waals surface area contributed by atoms with Crippen LogP contribution in [0.25, 0.3) is 0 Å². The highest BCUT2D eigenvalue weighted by atomic mass is 16.5. The van der Waals surface area contributed by atoms with Crippen LogP contribution < -0.4 is 10.9 Å². The first-order chi connectivity index (χ1) is 8.78. The van der Waals surface area contributed by atoms with Crippen LogP contribution in [0.4, 0.5) is 0 Å². The lowest BCUT2D eigenvalue weighted by Crippen LogP contribution is -2.20. The fourth-order valence-corrected chi connectivity index (χ4v) is 2.16. The van der Waals surface area contributed by atoms with Crippen molar-refractivity contribution in [1.82, 2.24) is 15.3 Å². The lowest BCUT2D eigenvalue weighted by Gasteiger charge is -2.08. The van der Waals surface area contributed by atoms with Crippen molar-refractivity contribution in [3.63, 3.8) is 0 Å². The lowest BCUT2D eigenvalue weighted by atomic mass is 10.0. The van der Waals surface area contributed by atoms with Gasteiger partial charge in [0, 0.05) is 32.2 Å². The molecule has 1 saturated heterocycles. The molecule has 1 aliphatic heterocycles.